The lowest BCUT2D eigenvalue weighted by Gasteiger charge is -2.26. The first kappa shape index (κ1) is 17.1. The zero-order valence-electron chi connectivity index (χ0n) is 12.1. The van der Waals surface area contributed by atoms with E-state index in [1.54, 1.807) is 0 Å². The summed E-state index contributed by atoms with van der Waals surface area (Å²) in [7, 11) is 0. The standard InChI is InChI=1S/C14H20F3N3O/c1-3-5-8-20(4-2)12-7-6-10(14(15,16)17)9-11(12)13(18)19-21/h6-7,9,21H,3-5,8H2,1-2H3,(H2,18,19). The molecule has 1 aromatic rings. The molecule has 0 unspecified atom stereocenters. The van der Waals surface area contributed by atoms with Crippen molar-refractivity contribution in [3.05, 3.63) is 29.3 Å². The maximum Gasteiger partial charge on any atom is 0.416 e. The van der Waals surface area contributed by atoms with E-state index >= 15 is 0 Å². The van der Waals surface area contributed by atoms with Crippen LogP contribution in [0.25, 0.3) is 0 Å². The Hall–Kier alpha value is -1.92. The number of nitrogens with two attached hydrogens (primary N) is 1. The first-order chi connectivity index (χ1) is 9.85. The van der Waals surface area contributed by atoms with Crippen molar-refractivity contribution in [2.24, 2.45) is 10.9 Å². The van der Waals surface area contributed by atoms with Gasteiger partial charge in [0.25, 0.3) is 0 Å². The molecule has 118 valence electrons. The SMILES string of the molecule is CCCCN(CC)c1ccc(C(F)(F)F)cc1/C(N)=N/O. The fourth-order valence-electron chi connectivity index (χ4n) is 2.05. The number of unbranched alkanes of at least 4 members (excludes halogenated alkanes) is 1. The number of anilines is 1. The van der Waals surface area contributed by atoms with Crippen LogP contribution < -0.4 is 10.6 Å². The van der Waals surface area contributed by atoms with Gasteiger partial charge in [-0.1, -0.05) is 18.5 Å². The monoisotopic (exact) mass is 303 g/mol. The van der Waals surface area contributed by atoms with E-state index in [4.69, 9.17) is 10.9 Å². The molecule has 0 amide bonds. The second kappa shape index (κ2) is 7.19. The molecular weight excluding hydrogens is 283 g/mol. The molecule has 0 aliphatic rings. The van der Waals surface area contributed by atoms with Crippen LogP contribution in [0.3, 0.4) is 0 Å². The van der Waals surface area contributed by atoms with Gasteiger partial charge in [0.15, 0.2) is 5.84 Å². The average Bonchev–Trinajstić information content (AvgIpc) is 2.46. The molecule has 7 heteroatoms. The number of benzene rings is 1. The van der Waals surface area contributed by atoms with Crippen molar-refractivity contribution in [2.75, 3.05) is 18.0 Å². The Labute approximate surface area is 122 Å². The Balaban J connectivity index is 3.30. The molecule has 1 aromatic carbocycles. The lowest BCUT2D eigenvalue weighted by atomic mass is 10.1. The van der Waals surface area contributed by atoms with E-state index in [9.17, 15) is 13.2 Å². The van der Waals surface area contributed by atoms with E-state index in [1.165, 1.54) is 6.07 Å². The largest absolute Gasteiger partial charge is 0.416 e. The first-order valence-electron chi connectivity index (χ1n) is 6.79. The fourth-order valence-corrected chi connectivity index (χ4v) is 2.05. The van der Waals surface area contributed by atoms with Gasteiger partial charge in [-0.15, -0.1) is 0 Å². The first-order valence-corrected chi connectivity index (χ1v) is 6.79. The van der Waals surface area contributed by atoms with Gasteiger partial charge in [-0.05, 0) is 31.5 Å². The molecule has 0 atom stereocenters. The van der Waals surface area contributed by atoms with Crippen LogP contribution in [0.4, 0.5) is 18.9 Å². The van der Waals surface area contributed by atoms with Crippen LogP contribution in [0, 0.1) is 0 Å². The topological polar surface area (TPSA) is 61.8 Å². The van der Waals surface area contributed by atoms with Gasteiger partial charge in [0.1, 0.15) is 0 Å². The molecule has 0 aliphatic heterocycles. The molecule has 0 saturated carbocycles. The van der Waals surface area contributed by atoms with Crippen LogP contribution in [0.1, 0.15) is 37.8 Å². The van der Waals surface area contributed by atoms with Crippen LogP contribution in [0.15, 0.2) is 23.4 Å². The van der Waals surface area contributed by atoms with Gasteiger partial charge in [-0.3, -0.25) is 0 Å². The summed E-state index contributed by atoms with van der Waals surface area (Å²) in [4.78, 5) is 1.91. The smallest absolute Gasteiger partial charge is 0.409 e. The highest BCUT2D eigenvalue weighted by atomic mass is 19.4. The lowest BCUT2D eigenvalue weighted by Crippen LogP contribution is -2.28. The summed E-state index contributed by atoms with van der Waals surface area (Å²) in [6, 6.07) is 3.30. The van der Waals surface area contributed by atoms with E-state index in [2.05, 4.69) is 5.16 Å². The molecule has 1 rings (SSSR count). The van der Waals surface area contributed by atoms with Crippen molar-refractivity contribution in [3.63, 3.8) is 0 Å². The minimum atomic E-state index is -4.47. The molecule has 0 aromatic heterocycles. The van der Waals surface area contributed by atoms with Gasteiger partial charge in [-0.2, -0.15) is 13.2 Å². The maximum atomic E-state index is 12.8. The van der Waals surface area contributed by atoms with Crippen molar-refractivity contribution in [3.8, 4) is 0 Å². The van der Waals surface area contributed by atoms with Crippen molar-refractivity contribution >= 4 is 11.5 Å². The number of oxime groups is 1. The molecular formula is C14H20F3N3O. The third-order valence-corrected chi connectivity index (χ3v) is 3.21. The van der Waals surface area contributed by atoms with Crippen molar-refractivity contribution in [1.29, 1.82) is 0 Å². The minimum Gasteiger partial charge on any atom is -0.409 e. The van der Waals surface area contributed by atoms with Crippen LogP contribution in [-0.4, -0.2) is 24.1 Å². The Morgan fingerprint density at radius 1 is 1.33 bits per heavy atom. The Morgan fingerprint density at radius 3 is 2.48 bits per heavy atom. The molecule has 0 aliphatic carbocycles. The second-order valence-corrected chi connectivity index (χ2v) is 4.65. The maximum absolute atomic E-state index is 12.8. The number of nitrogens with zero attached hydrogens (tertiary/aromatic N) is 2. The number of alkyl halides is 3. The zero-order chi connectivity index (χ0) is 16.0. The van der Waals surface area contributed by atoms with Crippen LogP contribution in [0.5, 0.6) is 0 Å². The average molecular weight is 303 g/mol. The molecule has 0 bridgehead atoms. The fraction of sp³-hybridized carbons (Fsp3) is 0.500. The summed E-state index contributed by atoms with van der Waals surface area (Å²) in [5, 5.41) is 11.6. The number of hydrogen-bond acceptors (Lipinski definition) is 3. The van der Waals surface area contributed by atoms with Crippen molar-refractivity contribution in [2.45, 2.75) is 32.9 Å². The number of hydrogen-bond donors (Lipinski definition) is 2. The molecule has 0 spiro atoms. The second-order valence-electron chi connectivity index (χ2n) is 4.65. The van der Waals surface area contributed by atoms with Crippen molar-refractivity contribution in [1.82, 2.24) is 0 Å². The lowest BCUT2D eigenvalue weighted by molar-refractivity contribution is -0.137. The summed E-state index contributed by atoms with van der Waals surface area (Å²) in [6.45, 7) is 5.26. The van der Waals surface area contributed by atoms with Gasteiger partial charge in [-0.25, -0.2) is 0 Å². The number of rotatable bonds is 6. The van der Waals surface area contributed by atoms with E-state index in [-0.39, 0.29) is 11.4 Å². The Bertz CT molecular complexity index is 501. The summed E-state index contributed by atoms with van der Waals surface area (Å²) < 4.78 is 38.4. The van der Waals surface area contributed by atoms with Gasteiger partial charge >= 0.3 is 6.18 Å². The normalized spacial score (nSPS) is 12.5. The summed E-state index contributed by atoms with van der Waals surface area (Å²) >= 11 is 0. The predicted octanol–water partition coefficient (Wildman–Crippen LogP) is 3.43. The van der Waals surface area contributed by atoms with Gasteiger partial charge in [0.05, 0.1) is 5.56 Å². The third kappa shape index (κ3) is 4.27. The summed E-state index contributed by atoms with van der Waals surface area (Å²) in [5.41, 5.74) is 5.34. The molecule has 4 nitrogen and oxygen atoms in total. The highest BCUT2D eigenvalue weighted by Crippen LogP contribution is 2.33. The Kier molecular flexibility index (Phi) is 5.87. The number of halogens is 3. The van der Waals surface area contributed by atoms with Gasteiger partial charge in [0.2, 0.25) is 0 Å². The molecule has 0 radical (unpaired) electrons. The van der Waals surface area contributed by atoms with Crippen LogP contribution in [-0.2, 0) is 6.18 Å². The van der Waals surface area contributed by atoms with E-state index in [1.807, 2.05) is 18.7 Å². The zero-order valence-corrected chi connectivity index (χ0v) is 12.1. The van der Waals surface area contributed by atoms with E-state index in [0.717, 1.165) is 25.0 Å². The van der Waals surface area contributed by atoms with Crippen LogP contribution in [0.2, 0.25) is 0 Å². The molecule has 21 heavy (non-hydrogen) atoms. The van der Waals surface area contributed by atoms with Crippen molar-refractivity contribution < 1.29 is 18.4 Å². The van der Waals surface area contributed by atoms with E-state index in [0.29, 0.717) is 18.8 Å². The van der Waals surface area contributed by atoms with E-state index < -0.39 is 11.7 Å². The number of amidine groups is 1. The third-order valence-electron chi connectivity index (χ3n) is 3.21. The van der Waals surface area contributed by atoms with Gasteiger partial charge in [0, 0.05) is 24.3 Å². The minimum absolute atomic E-state index is 0.0882. The molecule has 0 heterocycles. The molecule has 0 saturated heterocycles. The molecule has 0 fully saturated rings. The quantitative estimate of drug-likeness (QED) is 0.366. The highest BCUT2D eigenvalue weighted by molar-refractivity contribution is 6.02. The summed E-state index contributed by atoms with van der Waals surface area (Å²) in [6.07, 6.45) is -2.59. The Morgan fingerprint density at radius 2 is 2.00 bits per heavy atom. The predicted molar refractivity (Wildman–Crippen MR) is 76.7 cm³/mol. The van der Waals surface area contributed by atoms with Crippen LogP contribution >= 0.6 is 0 Å². The molecule has 3 N–H and O–H groups in total. The summed E-state index contributed by atoms with van der Waals surface area (Å²) in [5.74, 6) is -0.328. The van der Waals surface area contributed by atoms with Gasteiger partial charge < -0.3 is 15.8 Å². The highest BCUT2D eigenvalue weighted by Gasteiger charge is 2.31.